The largest absolute Gasteiger partial charge is 0.367 e. The monoisotopic (exact) mass is 389 g/mol. The lowest BCUT2D eigenvalue weighted by Crippen LogP contribution is -2.55. The summed E-state index contributed by atoms with van der Waals surface area (Å²) in [6, 6.07) is 11.3. The molecule has 2 heterocycles. The van der Waals surface area contributed by atoms with Crippen molar-refractivity contribution < 1.29 is 13.2 Å². The normalized spacial score (nSPS) is 21.8. The number of nitrogens with zero attached hydrogens (tertiary/aromatic N) is 3. The minimum absolute atomic E-state index is 0.160. The van der Waals surface area contributed by atoms with Crippen molar-refractivity contribution in [3.63, 3.8) is 0 Å². The number of halogens is 3. The number of hydrogen-bond acceptors (Lipinski definition) is 3. The maximum Gasteiger partial charge on any atom is 0.146 e. The summed E-state index contributed by atoms with van der Waals surface area (Å²) in [5, 5.41) is 0. The van der Waals surface area contributed by atoms with E-state index in [1.54, 1.807) is 6.07 Å². The summed E-state index contributed by atoms with van der Waals surface area (Å²) in [6.07, 6.45) is 2.12. The van der Waals surface area contributed by atoms with Gasteiger partial charge in [0.25, 0.3) is 0 Å². The zero-order valence-electron chi connectivity index (χ0n) is 16.0. The molecule has 6 heteroatoms. The van der Waals surface area contributed by atoms with Crippen LogP contribution in [0.4, 0.5) is 18.9 Å². The highest BCUT2D eigenvalue weighted by molar-refractivity contribution is 5.48. The van der Waals surface area contributed by atoms with E-state index in [9.17, 15) is 13.2 Å². The molecule has 0 bridgehead atoms. The van der Waals surface area contributed by atoms with E-state index in [2.05, 4.69) is 14.7 Å². The van der Waals surface area contributed by atoms with E-state index in [4.69, 9.17) is 0 Å². The molecule has 0 aliphatic carbocycles. The van der Waals surface area contributed by atoms with Gasteiger partial charge in [0.2, 0.25) is 0 Å². The topological polar surface area (TPSA) is 9.72 Å². The van der Waals surface area contributed by atoms with E-state index in [1.165, 1.54) is 24.3 Å². The van der Waals surface area contributed by atoms with Crippen molar-refractivity contribution in [1.82, 2.24) is 9.80 Å². The molecule has 1 atom stereocenters. The van der Waals surface area contributed by atoms with Crippen LogP contribution in [0.3, 0.4) is 0 Å². The summed E-state index contributed by atoms with van der Waals surface area (Å²) >= 11 is 0. The highest BCUT2D eigenvalue weighted by Crippen LogP contribution is 2.24. The van der Waals surface area contributed by atoms with Crippen molar-refractivity contribution in [2.24, 2.45) is 0 Å². The first kappa shape index (κ1) is 19.3. The molecule has 2 aliphatic heterocycles. The Bertz CT molecular complexity index is 785. The van der Waals surface area contributed by atoms with Crippen LogP contribution in [0.25, 0.3) is 0 Å². The van der Waals surface area contributed by atoms with Crippen molar-refractivity contribution in [3.05, 3.63) is 65.5 Å². The highest BCUT2D eigenvalue weighted by atomic mass is 19.1. The Labute approximate surface area is 164 Å². The Balaban J connectivity index is 1.35. The van der Waals surface area contributed by atoms with E-state index >= 15 is 0 Å². The highest BCUT2D eigenvalue weighted by Gasteiger charge is 2.29. The number of para-hydroxylation sites is 1. The average Bonchev–Trinajstić information content (AvgIpc) is 2.72. The van der Waals surface area contributed by atoms with Gasteiger partial charge in [-0.2, -0.15) is 0 Å². The number of hydrogen-bond donors (Lipinski definition) is 0. The van der Waals surface area contributed by atoms with Crippen molar-refractivity contribution in [2.45, 2.75) is 25.4 Å². The molecule has 0 radical (unpaired) electrons. The van der Waals surface area contributed by atoms with Gasteiger partial charge >= 0.3 is 0 Å². The van der Waals surface area contributed by atoms with Crippen LogP contribution in [0.15, 0.2) is 42.5 Å². The summed E-state index contributed by atoms with van der Waals surface area (Å²) in [5.41, 5.74) is 0.829. The summed E-state index contributed by atoms with van der Waals surface area (Å²) in [7, 11) is 0. The second-order valence-corrected chi connectivity index (χ2v) is 7.71. The molecule has 0 amide bonds. The number of rotatable bonds is 4. The summed E-state index contributed by atoms with van der Waals surface area (Å²) in [5.74, 6) is -1.12. The van der Waals surface area contributed by atoms with Crippen molar-refractivity contribution in [3.8, 4) is 0 Å². The molecule has 2 saturated heterocycles. The number of likely N-dealkylation sites (tertiary alicyclic amines) is 1. The lowest BCUT2D eigenvalue weighted by Gasteiger charge is -2.44. The van der Waals surface area contributed by atoms with E-state index in [-0.39, 0.29) is 11.4 Å². The first-order valence-electron chi connectivity index (χ1n) is 10.0. The fourth-order valence-electron chi connectivity index (χ4n) is 4.42. The number of piperidine rings is 1. The van der Waals surface area contributed by atoms with Gasteiger partial charge in [0.1, 0.15) is 17.5 Å². The number of piperazine rings is 1. The van der Waals surface area contributed by atoms with Crippen LogP contribution in [-0.2, 0) is 6.54 Å². The fourth-order valence-corrected chi connectivity index (χ4v) is 4.42. The molecule has 2 aliphatic rings. The van der Waals surface area contributed by atoms with Gasteiger partial charge in [0.05, 0.1) is 5.69 Å². The first-order valence-corrected chi connectivity index (χ1v) is 10.0. The summed E-state index contributed by atoms with van der Waals surface area (Å²) in [6.45, 7) is 5.32. The van der Waals surface area contributed by atoms with Crippen LogP contribution in [0, 0.1) is 17.5 Å². The molecule has 2 fully saturated rings. The van der Waals surface area contributed by atoms with Crippen LogP contribution < -0.4 is 4.90 Å². The van der Waals surface area contributed by atoms with Crippen LogP contribution in [-0.4, -0.2) is 55.1 Å². The predicted molar refractivity (Wildman–Crippen MR) is 105 cm³/mol. The molecule has 3 nitrogen and oxygen atoms in total. The number of benzene rings is 2. The molecule has 0 unspecified atom stereocenters. The minimum Gasteiger partial charge on any atom is -0.367 e. The summed E-state index contributed by atoms with van der Waals surface area (Å²) < 4.78 is 42.0. The zero-order valence-corrected chi connectivity index (χ0v) is 16.0. The molecular weight excluding hydrogens is 363 g/mol. The van der Waals surface area contributed by atoms with Crippen molar-refractivity contribution in [1.29, 1.82) is 0 Å². The van der Waals surface area contributed by atoms with Gasteiger partial charge in [0, 0.05) is 50.9 Å². The van der Waals surface area contributed by atoms with E-state index in [0.717, 1.165) is 52.1 Å². The third kappa shape index (κ3) is 4.18. The van der Waals surface area contributed by atoms with Crippen LogP contribution in [0.2, 0.25) is 0 Å². The second-order valence-electron chi connectivity index (χ2n) is 7.71. The molecule has 0 N–H and O–H groups in total. The van der Waals surface area contributed by atoms with Crippen molar-refractivity contribution >= 4 is 5.69 Å². The Morgan fingerprint density at radius 3 is 2.18 bits per heavy atom. The minimum atomic E-state index is -0.472. The maximum atomic E-state index is 14.0. The molecule has 28 heavy (non-hydrogen) atoms. The van der Waals surface area contributed by atoms with Crippen molar-refractivity contribution in [2.75, 3.05) is 44.2 Å². The van der Waals surface area contributed by atoms with E-state index < -0.39 is 11.6 Å². The van der Waals surface area contributed by atoms with Gasteiger partial charge in [-0.3, -0.25) is 9.80 Å². The van der Waals surface area contributed by atoms with Crippen LogP contribution in [0.1, 0.15) is 18.4 Å². The Hall–Kier alpha value is -2.05. The van der Waals surface area contributed by atoms with Gasteiger partial charge in [-0.15, -0.1) is 0 Å². The molecule has 0 spiro atoms. The zero-order chi connectivity index (χ0) is 19.5. The van der Waals surface area contributed by atoms with Crippen LogP contribution >= 0.6 is 0 Å². The van der Waals surface area contributed by atoms with Gasteiger partial charge in [-0.25, -0.2) is 13.2 Å². The molecule has 0 saturated carbocycles. The summed E-state index contributed by atoms with van der Waals surface area (Å²) in [4.78, 5) is 6.70. The molecule has 0 aromatic heterocycles. The first-order chi connectivity index (χ1) is 13.6. The van der Waals surface area contributed by atoms with Gasteiger partial charge in [-0.05, 0) is 43.7 Å². The maximum absolute atomic E-state index is 14.0. The Kier molecular flexibility index (Phi) is 5.87. The van der Waals surface area contributed by atoms with Crippen LogP contribution in [0.5, 0.6) is 0 Å². The lowest BCUT2D eigenvalue weighted by molar-refractivity contribution is 0.0874. The second kappa shape index (κ2) is 8.53. The Morgan fingerprint density at radius 2 is 1.46 bits per heavy atom. The van der Waals surface area contributed by atoms with E-state index in [0.29, 0.717) is 18.3 Å². The number of anilines is 1. The quantitative estimate of drug-likeness (QED) is 0.786. The molecule has 2 aromatic rings. The molecule has 2 aromatic carbocycles. The molecule has 150 valence electrons. The third-order valence-corrected chi connectivity index (χ3v) is 5.95. The fraction of sp³-hybridized carbons (Fsp3) is 0.455. The molecule has 4 rings (SSSR count). The SMILES string of the molecule is Fc1ccccc1N1CCN([C@H]2CCCN(Cc3c(F)cccc3F)C2)CC1. The average molecular weight is 389 g/mol. The smallest absolute Gasteiger partial charge is 0.146 e. The van der Waals surface area contributed by atoms with E-state index in [1.807, 2.05) is 12.1 Å². The van der Waals surface area contributed by atoms with Gasteiger partial charge in [-0.1, -0.05) is 18.2 Å². The molecular formula is C22H26F3N3. The predicted octanol–water partition coefficient (Wildman–Crippen LogP) is 3.89. The third-order valence-electron chi connectivity index (χ3n) is 5.95. The van der Waals surface area contributed by atoms with Gasteiger partial charge in [0.15, 0.2) is 0 Å². The lowest BCUT2D eigenvalue weighted by atomic mass is 10.0. The standard InChI is InChI=1S/C22H26F3N3/c23-19-7-3-8-20(24)18(19)16-26-10-4-5-17(15-26)27-11-13-28(14-12-27)22-9-2-1-6-21(22)25/h1-3,6-9,17H,4-5,10-16H2/t17-/m0/s1. The van der Waals surface area contributed by atoms with Gasteiger partial charge < -0.3 is 4.90 Å². The Morgan fingerprint density at radius 1 is 0.786 bits per heavy atom.